The monoisotopic (exact) mass is 538 g/mol. The van der Waals surface area contributed by atoms with E-state index in [1.165, 1.54) is 33.0 Å². The zero-order valence-electron chi connectivity index (χ0n) is 22.8. The predicted molar refractivity (Wildman–Crippen MR) is 175 cm³/mol. The Bertz CT molecular complexity index is 2180. The summed E-state index contributed by atoms with van der Waals surface area (Å²) in [6.45, 7) is 0. The Kier molecular flexibility index (Phi) is 5.79. The summed E-state index contributed by atoms with van der Waals surface area (Å²) in [7, 11) is 0. The van der Waals surface area contributed by atoms with Crippen molar-refractivity contribution in [3.8, 4) is 22.3 Å². The summed E-state index contributed by atoms with van der Waals surface area (Å²) >= 11 is 0. The van der Waals surface area contributed by atoms with Crippen LogP contribution in [0.25, 0.3) is 55.0 Å². The lowest BCUT2D eigenvalue weighted by Gasteiger charge is -2.26. The van der Waals surface area contributed by atoms with Crippen LogP contribution in [0.1, 0.15) is 0 Å². The number of aromatic nitrogens is 1. The fourth-order valence-electron chi connectivity index (χ4n) is 5.85. The van der Waals surface area contributed by atoms with E-state index < -0.39 is 0 Å². The summed E-state index contributed by atoms with van der Waals surface area (Å²) in [6.07, 6.45) is 3.66. The molecule has 198 valence electrons. The molecule has 42 heavy (non-hydrogen) atoms. The molecule has 0 radical (unpaired) electrons. The van der Waals surface area contributed by atoms with Gasteiger partial charge in [-0.05, 0) is 75.5 Å². The van der Waals surface area contributed by atoms with E-state index >= 15 is 0 Å². The highest BCUT2D eigenvalue weighted by Gasteiger charge is 2.20. The van der Waals surface area contributed by atoms with Crippen LogP contribution in [0.4, 0.5) is 17.1 Å². The Morgan fingerprint density at radius 2 is 1.14 bits per heavy atom. The van der Waals surface area contributed by atoms with E-state index in [4.69, 9.17) is 4.42 Å². The number of hydrogen-bond donors (Lipinski definition) is 0. The first kappa shape index (κ1) is 24.2. The number of nitrogens with zero attached hydrogens (tertiary/aromatic N) is 2. The van der Waals surface area contributed by atoms with E-state index in [0.717, 1.165) is 39.0 Å². The molecule has 2 aromatic heterocycles. The van der Waals surface area contributed by atoms with Gasteiger partial charge in [0.15, 0.2) is 5.58 Å². The Labute approximate surface area is 243 Å². The number of pyridine rings is 1. The molecule has 0 saturated heterocycles. The minimum Gasteiger partial charge on any atom is -0.454 e. The van der Waals surface area contributed by atoms with Gasteiger partial charge >= 0.3 is 0 Å². The predicted octanol–water partition coefficient (Wildman–Crippen LogP) is 10.9. The van der Waals surface area contributed by atoms with Gasteiger partial charge in [0.1, 0.15) is 5.58 Å². The van der Waals surface area contributed by atoms with Crippen molar-refractivity contribution in [3.63, 3.8) is 0 Å². The van der Waals surface area contributed by atoms with Crippen LogP contribution in [-0.4, -0.2) is 4.98 Å². The summed E-state index contributed by atoms with van der Waals surface area (Å²) in [6, 6.07) is 51.4. The molecule has 0 atom stereocenters. The zero-order chi connectivity index (χ0) is 27.9. The first-order valence-electron chi connectivity index (χ1n) is 14.1. The highest BCUT2D eigenvalue weighted by atomic mass is 16.3. The second-order valence-electron chi connectivity index (χ2n) is 10.5. The highest BCUT2D eigenvalue weighted by molar-refractivity contribution is 6.10. The minimum absolute atomic E-state index is 0.831. The van der Waals surface area contributed by atoms with Gasteiger partial charge in [0.2, 0.25) is 0 Å². The third-order valence-electron chi connectivity index (χ3n) is 7.94. The number of rotatable bonds is 5. The first-order valence-corrected chi connectivity index (χ1v) is 14.1. The summed E-state index contributed by atoms with van der Waals surface area (Å²) in [4.78, 5) is 6.65. The third-order valence-corrected chi connectivity index (χ3v) is 7.94. The zero-order valence-corrected chi connectivity index (χ0v) is 22.8. The van der Waals surface area contributed by atoms with Crippen molar-refractivity contribution in [2.24, 2.45) is 0 Å². The van der Waals surface area contributed by atoms with Crippen LogP contribution in [0, 0.1) is 0 Å². The minimum atomic E-state index is 0.831. The normalized spacial score (nSPS) is 11.3. The highest BCUT2D eigenvalue weighted by Crippen LogP contribution is 2.43. The lowest BCUT2D eigenvalue weighted by atomic mass is 10.0. The first-order chi connectivity index (χ1) is 20.8. The number of benzene rings is 6. The standard InChI is InChI=1S/C39H26N2O/c1-3-8-27(9-4-1)29-16-19-33(20-17-29)41(37-13-7-12-35-36-26-40-23-22-38(36)42-39(35)37)34-21-18-30-14-15-31(24-32(30)25-34)28-10-5-2-6-11-28/h1-26H. The van der Waals surface area contributed by atoms with Gasteiger partial charge in [-0.1, -0.05) is 103 Å². The molecule has 0 aliphatic rings. The van der Waals surface area contributed by atoms with Gasteiger partial charge in [-0.3, -0.25) is 4.98 Å². The summed E-state index contributed by atoms with van der Waals surface area (Å²) < 4.78 is 6.48. The van der Waals surface area contributed by atoms with Crippen LogP contribution in [-0.2, 0) is 0 Å². The van der Waals surface area contributed by atoms with Crippen molar-refractivity contribution in [2.75, 3.05) is 4.90 Å². The van der Waals surface area contributed by atoms with E-state index in [0.29, 0.717) is 0 Å². The molecular weight excluding hydrogens is 512 g/mol. The van der Waals surface area contributed by atoms with Gasteiger partial charge in [-0.2, -0.15) is 0 Å². The van der Waals surface area contributed by atoms with E-state index in [1.54, 1.807) is 6.20 Å². The average molecular weight is 539 g/mol. The Morgan fingerprint density at radius 3 is 1.93 bits per heavy atom. The molecule has 0 N–H and O–H groups in total. The number of furan rings is 1. The SMILES string of the molecule is c1ccc(-c2ccc(N(c3ccc4ccc(-c5ccccc5)cc4c3)c3cccc4c3oc3ccncc34)cc2)cc1. The number of para-hydroxylation sites is 1. The maximum atomic E-state index is 6.48. The van der Waals surface area contributed by atoms with Gasteiger partial charge in [-0.15, -0.1) is 0 Å². The molecule has 0 aliphatic heterocycles. The molecule has 8 rings (SSSR count). The van der Waals surface area contributed by atoms with Crippen molar-refractivity contribution >= 4 is 49.8 Å². The van der Waals surface area contributed by atoms with Gasteiger partial charge in [0, 0.05) is 34.5 Å². The van der Waals surface area contributed by atoms with E-state index in [-0.39, 0.29) is 0 Å². The van der Waals surface area contributed by atoms with Gasteiger partial charge in [-0.25, -0.2) is 0 Å². The van der Waals surface area contributed by atoms with Crippen molar-refractivity contribution in [2.45, 2.75) is 0 Å². The number of fused-ring (bicyclic) bond motifs is 4. The van der Waals surface area contributed by atoms with E-state index in [1.807, 2.05) is 18.3 Å². The third kappa shape index (κ3) is 4.20. The largest absolute Gasteiger partial charge is 0.454 e. The maximum Gasteiger partial charge on any atom is 0.159 e. The molecule has 2 heterocycles. The molecular formula is C39H26N2O. The summed E-state index contributed by atoms with van der Waals surface area (Å²) in [5, 5.41) is 4.44. The molecule has 0 fully saturated rings. The Morgan fingerprint density at radius 1 is 0.476 bits per heavy atom. The molecule has 0 bridgehead atoms. The van der Waals surface area contributed by atoms with Crippen molar-refractivity contribution in [1.82, 2.24) is 4.98 Å². The molecule has 3 heteroatoms. The van der Waals surface area contributed by atoms with E-state index in [9.17, 15) is 0 Å². The van der Waals surface area contributed by atoms with Crippen LogP contribution in [0.15, 0.2) is 162 Å². The van der Waals surface area contributed by atoms with Gasteiger partial charge < -0.3 is 9.32 Å². The van der Waals surface area contributed by atoms with Crippen LogP contribution >= 0.6 is 0 Å². The van der Waals surface area contributed by atoms with Crippen molar-refractivity contribution in [3.05, 3.63) is 158 Å². The molecule has 0 amide bonds. The Balaban J connectivity index is 1.32. The summed E-state index contributed by atoms with van der Waals surface area (Å²) in [5.41, 5.74) is 9.55. The van der Waals surface area contributed by atoms with Gasteiger partial charge in [0.25, 0.3) is 0 Å². The lowest BCUT2D eigenvalue weighted by Crippen LogP contribution is -2.10. The van der Waals surface area contributed by atoms with Gasteiger partial charge in [0.05, 0.1) is 5.69 Å². The van der Waals surface area contributed by atoms with Crippen LogP contribution in [0.3, 0.4) is 0 Å². The fraction of sp³-hybridized carbons (Fsp3) is 0. The van der Waals surface area contributed by atoms with Crippen molar-refractivity contribution in [1.29, 1.82) is 0 Å². The molecule has 3 nitrogen and oxygen atoms in total. The maximum absolute atomic E-state index is 6.48. The molecule has 0 aliphatic carbocycles. The molecule has 6 aromatic carbocycles. The molecule has 8 aromatic rings. The smallest absolute Gasteiger partial charge is 0.159 e. The van der Waals surface area contributed by atoms with Crippen LogP contribution < -0.4 is 4.90 Å². The lowest BCUT2D eigenvalue weighted by molar-refractivity contribution is 0.668. The second kappa shape index (κ2) is 10.1. The van der Waals surface area contributed by atoms with Crippen LogP contribution in [0.5, 0.6) is 0 Å². The average Bonchev–Trinajstić information content (AvgIpc) is 3.45. The topological polar surface area (TPSA) is 29.3 Å². The fourth-order valence-corrected chi connectivity index (χ4v) is 5.85. The van der Waals surface area contributed by atoms with E-state index in [2.05, 4.69) is 143 Å². The van der Waals surface area contributed by atoms with Crippen molar-refractivity contribution < 1.29 is 4.42 Å². The quantitative estimate of drug-likeness (QED) is 0.218. The van der Waals surface area contributed by atoms with Crippen LogP contribution in [0.2, 0.25) is 0 Å². The molecule has 0 saturated carbocycles. The Hall–Kier alpha value is -5.67. The summed E-state index contributed by atoms with van der Waals surface area (Å²) in [5.74, 6) is 0. The second-order valence-corrected chi connectivity index (χ2v) is 10.5. The molecule has 0 spiro atoms. The molecule has 0 unspecified atom stereocenters. The number of hydrogen-bond acceptors (Lipinski definition) is 3. The number of anilines is 3.